The van der Waals surface area contributed by atoms with E-state index in [2.05, 4.69) is 0 Å². The molecule has 0 aliphatic carbocycles. The van der Waals surface area contributed by atoms with Gasteiger partial charge in [0.2, 0.25) is 0 Å². The van der Waals surface area contributed by atoms with Crippen molar-refractivity contribution in [3.63, 3.8) is 0 Å². The molecule has 1 saturated heterocycles. The van der Waals surface area contributed by atoms with Gasteiger partial charge in [-0.15, -0.1) is 0 Å². The Kier molecular flexibility index (Phi) is 8.41. The van der Waals surface area contributed by atoms with E-state index in [9.17, 15) is 4.79 Å². The maximum absolute atomic E-state index is 11.4. The van der Waals surface area contributed by atoms with Gasteiger partial charge in [0, 0.05) is 19.4 Å². The minimum Gasteiger partial charge on any atom is -0.381 e. The summed E-state index contributed by atoms with van der Waals surface area (Å²) in [7, 11) is 0. The van der Waals surface area contributed by atoms with E-state index in [0.717, 1.165) is 25.9 Å². The van der Waals surface area contributed by atoms with Crippen molar-refractivity contribution in [1.82, 2.24) is 0 Å². The average Bonchev–Trinajstić information content (AvgIpc) is 2.29. The number of ether oxygens (including phenoxy) is 1. The van der Waals surface area contributed by atoms with Crippen LogP contribution in [0.25, 0.3) is 0 Å². The van der Waals surface area contributed by atoms with Gasteiger partial charge in [-0.2, -0.15) is 0 Å². The lowest BCUT2D eigenvalue weighted by Crippen LogP contribution is -2.05. The van der Waals surface area contributed by atoms with Gasteiger partial charge in [-0.05, 0) is 12.8 Å². The SMILES string of the molecule is O=C1CCCCCCCCCCCOCC1. The molecule has 0 atom stereocenters. The highest BCUT2D eigenvalue weighted by atomic mass is 16.5. The summed E-state index contributed by atoms with van der Waals surface area (Å²) in [6.45, 7) is 1.48. The van der Waals surface area contributed by atoms with E-state index in [4.69, 9.17) is 4.74 Å². The van der Waals surface area contributed by atoms with Gasteiger partial charge < -0.3 is 4.74 Å². The largest absolute Gasteiger partial charge is 0.381 e. The van der Waals surface area contributed by atoms with Crippen molar-refractivity contribution in [1.29, 1.82) is 0 Å². The van der Waals surface area contributed by atoms with E-state index < -0.39 is 0 Å². The maximum Gasteiger partial charge on any atom is 0.135 e. The van der Waals surface area contributed by atoms with Crippen LogP contribution in [0.5, 0.6) is 0 Å². The van der Waals surface area contributed by atoms with E-state index in [1.165, 1.54) is 44.9 Å². The molecule has 0 saturated carbocycles. The molecular weight excluding hydrogens is 200 g/mol. The lowest BCUT2D eigenvalue weighted by atomic mass is 10.1. The van der Waals surface area contributed by atoms with Crippen LogP contribution < -0.4 is 0 Å². The Morgan fingerprint density at radius 2 is 1.19 bits per heavy atom. The number of Topliss-reactive ketones (excluding diaryl/α,β-unsaturated/α-hetero) is 1. The zero-order valence-electron chi connectivity index (χ0n) is 10.5. The van der Waals surface area contributed by atoms with E-state index in [0.29, 0.717) is 18.8 Å². The van der Waals surface area contributed by atoms with E-state index in [-0.39, 0.29) is 0 Å². The first-order valence-electron chi connectivity index (χ1n) is 6.99. The minimum atomic E-state index is 0.384. The molecule has 0 N–H and O–H groups in total. The summed E-state index contributed by atoms with van der Waals surface area (Å²) in [6.07, 6.45) is 12.9. The van der Waals surface area contributed by atoms with Crippen LogP contribution in [0.3, 0.4) is 0 Å². The van der Waals surface area contributed by atoms with Gasteiger partial charge in [0.1, 0.15) is 5.78 Å². The summed E-state index contributed by atoms with van der Waals surface area (Å²) in [5.74, 6) is 0.384. The number of carbonyl (C=O) groups is 1. The quantitative estimate of drug-likeness (QED) is 0.626. The molecule has 94 valence electrons. The molecule has 0 radical (unpaired) electrons. The Morgan fingerprint density at radius 3 is 1.88 bits per heavy atom. The molecule has 1 aliphatic rings. The summed E-state index contributed by atoms with van der Waals surface area (Å²) >= 11 is 0. The lowest BCUT2D eigenvalue weighted by Gasteiger charge is -2.03. The summed E-state index contributed by atoms with van der Waals surface area (Å²) in [6, 6.07) is 0. The van der Waals surface area contributed by atoms with Gasteiger partial charge >= 0.3 is 0 Å². The Labute approximate surface area is 99.8 Å². The molecule has 1 aliphatic heterocycles. The lowest BCUT2D eigenvalue weighted by molar-refractivity contribution is -0.120. The van der Waals surface area contributed by atoms with Crippen LogP contribution in [-0.4, -0.2) is 19.0 Å². The second kappa shape index (κ2) is 9.83. The van der Waals surface area contributed by atoms with Crippen molar-refractivity contribution in [3.8, 4) is 0 Å². The molecule has 0 aromatic carbocycles. The van der Waals surface area contributed by atoms with Gasteiger partial charge in [-0.1, -0.05) is 44.9 Å². The first-order valence-corrected chi connectivity index (χ1v) is 6.99. The maximum atomic E-state index is 11.4. The van der Waals surface area contributed by atoms with Gasteiger partial charge in [0.25, 0.3) is 0 Å². The van der Waals surface area contributed by atoms with E-state index in [1.807, 2.05) is 0 Å². The third-order valence-electron chi connectivity index (χ3n) is 3.27. The molecular formula is C14H26O2. The predicted octanol–water partition coefficient (Wildman–Crippen LogP) is 3.88. The predicted molar refractivity (Wildman–Crippen MR) is 66.6 cm³/mol. The molecule has 1 fully saturated rings. The smallest absolute Gasteiger partial charge is 0.135 e. The third-order valence-corrected chi connectivity index (χ3v) is 3.27. The Bertz CT molecular complexity index is 160. The molecule has 0 bridgehead atoms. The average molecular weight is 226 g/mol. The van der Waals surface area contributed by atoms with Crippen molar-refractivity contribution in [2.24, 2.45) is 0 Å². The second-order valence-electron chi connectivity index (χ2n) is 4.83. The zero-order chi connectivity index (χ0) is 11.5. The summed E-state index contributed by atoms with van der Waals surface area (Å²) in [4.78, 5) is 11.4. The number of hydrogen-bond acceptors (Lipinski definition) is 2. The standard InChI is InChI=1S/C14H26O2/c15-14-10-8-6-4-2-1-3-5-7-9-12-16-13-11-14/h1-13H2. The highest BCUT2D eigenvalue weighted by Gasteiger charge is 2.02. The van der Waals surface area contributed by atoms with Crippen LogP contribution in [-0.2, 0) is 9.53 Å². The molecule has 2 nitrogen and oxygen atoms in total. The first kappa shape index (κ1) is 13.7. The minimum absolute atomic E-state index is 0.384. The van der Waals surface area contributed by atoms with Gasteiger partial charge in [-0.3, -0.25) is 4.79 Å². The van der Waals surface area contributed by atoms with Gasteiger partial charge in [0.05, 0.1) is 6.61 Å². The molecule has 16 heavy (non-hydrogen) atoms. The van der Waals surface area contributed by atoms with E-state index in [1.54, 1.807) is 0 Å². The van der Waals surface area contributed by atoms with Crippen LogP contribution in [0.15, 0.2) is 0 Å². The Hall–Kier alpha value is -0.370. The molecule has 0 amide bonds. The van der Waals surface area contributed by atoms with Crippen molar-refractivity contribution < 1.29 is 9.53 Å². The first-order chi connectivity index (χ1) is 7.89. The molecule has 0 unspecified atom stereocenters. The summed E-state index contributed by atoms with van der Waals surface area (Å²) in [5, 5.41) is 0. The van der Waals surface area contributed by atoms with Gasteiger partial charge in [0.15, 0.2) is 0 Å². The Balaban J connectivity index is 2.13. The monoisotopic (exact) mass is 226 g/mol. The fourth-order valence-electron chi connectivity index (χ4n) is 2.18. The zero-order valence-corrected chi connectivity index (χ0v) is 10.5. The molecule has 1 heterocycles. The molecule has 0 aromatic heterocycles. The van der Waals surface area contributed by atoms with Crippen molar-refractivity contribution >= 4 is 5.78 Å². The fourth-order valence-corrected chi connectivity index (χ4v) is 2.18. The number of ketones is 1. The number of carbonyl (C=O) groups excluding carboxylic acids is 1. The number of rotatable bonds is 0. The topological polar surface area (TPSA) is 26.3 Å². The molecule has 2 heteroatoms. The van der Waals surface area contributed by atoms with Crippen LogP contribution in [0, 0.1) is 0 Å². The highest BCUT2D eigenvalue weighted by Crippen LogP contribution is 2.11. The molecule has 1 rings (SSSR count). The van der Waals surface area contributed by atoms with Crippen LogP contribution >= 0.6 is 0 Å². The van der Waals surface area contributed by atoms with Crippen molar-refractivity contribution in [2.75, 3.05) is 13.2 Å². The van der Waals surface area contributed by atoms with Crippen LogP contribution in [0.2, 0.25) is 0 Å². The Morgan fingerprint density at radius 1 is 0.625 bits per heavy atom. The number of hydrogen-bond donors (Lipinski definition) is 0. The normalized spacial score (nSPS) is 23.4. The third kappa shape index (κ3) is 7.86. The van der Waals surface area contributed by atoms with Gasteiger partial charge in [-0.25, -0.2) is 0 Å². The van der Waals surface area contributed by atoms with Crippen molar-refractivity contribution in [3.05, 3.63) is 0 Å². The fraction of sp³-hybridized carbons (Fsp3) is 0.929. The highest BCUT2D eigenvalue weighted by molar-refractivity contribution is 5.78. The second-order valence-corrected chi connectivity index (χ2v) is 4.83. The van der Waals surface area contributed by atoms with Crippen LogP contribution in [0.1, 0.15) is 70.6 Å². The van der Waals surface area contributed by atoms with Crippen LogP contribution in [0.4, 0.5) is 0 Å². The summed E-state index contributed by atoms with van der Waals surface area (Å²) in [5.41, 5.74) is 0. The van der Waals surface area contributed by atoms with E-state index >= 15 is 0 Å². The summed E-state index contributed by atoms with van der Waals surface area (Å²) < 4.78 is 5.46. The van der Waals surface area contributed by atoms with Crippen molar-refractivity contribution in [2.45, 2.75) is 70.6 Å². The molecule has 0 spiro atoms. The molecule has 0 aromatic rings.